The fourth-order valence-corrected chi connectivity index (χ4v) is 2.10. The zero-order chi connectivity index (χ0) is 14.9. The molecule has 1 nitrogen and oxygen atoms in total. The summed E-state index contributed by atoms with van der Waals surface area (Å²) < 4.78 is 38.3. The van der Waals surface area contributed by atoms with Crippen LogP contribution in [0.15, 0.2) is 42.5 Å². The molecule has 0 bridgehead atoms. The summed E-state index contributed by atoms with van der Waals surface area (Å²) in [6.07, 6.45) is -4.36. The maximum absolute atomic E-state index is 12.8. The van der Waals surface area contributed by atoms with Gasteiger partial charge in [-0.25, -0.2) is 0 Å². The van der Waals surface area contributed by atoms with Crippen molar-refractivity contribution >= 4 is 17.3 Å². The number of halogens is 4. The molecular formula is C15H13ClF3N. The van der Waals surface area contributed by atoms with E-state index in [0.717, 1.165) is 17.8 Å². The number of hydrogen-bond acceptors (Lipinski definition) is 1. The smallest absolute Gasteiger partial charge is 0.378 e. The lowest BCUT2D eigenvalue weighted by atomic mass is 10.0. The monoisotopic (exact) mass is 299 g/mol. The van der Waals surface area contributed by atoms with Crippen molar-refractivity contribution in [3.8, 4) is 11.1 Å². The molecule has 0 saturated heterocycles. The third-order valence-corrected chi connectivity index (χ3v) is 3.30. The van der Waals surface area contributed by atoms with Crippen LogP contribution in [0.1, 0.15) is 5.56 Å². The van der Waals surface area contributed by atoms with Gasteiger partial charge >= 0.3 is 6.18 Å². The van der Waals surface area contributed by atoms with Crippen molar-refractivity contribution < 1.29 is 13.2 Å². The summed E-state index contributed by atoms with van der Waals surface area (Å²) in [5.74, 6) is 0. The fraction of sp³-hybridized carbons (Fsp3) is 0.200. The van der Waals surface area contributed by atoms with E-state index in [-0.39, 0.29) is 0 Å². The minimum absolute atomic E-state index is 0.426. The van der Waals surface area contributed by atoms with Gasteiger partial charge < -0.3 is 4.90 Å². The van der Waals surface area contributed by atoms with E-state index in [1.54, 1.807) is 18.2 Å². The van der Waals surface area contributed by atoms with Gasteiger partial charge in [-0.05, 0) is 35.9 Å². The average molecular weight is 300 g/mol. The van der Waals surface area contributed by atoms with E-state index >= 15 is 0 Å². The summed E-state index contributed by atoms with van der Waals surface area (Å²) in [6, 6.07) is 10.4. The van der Waals surface area contributed by atoms with Crippen LogP contribution in [0.2, 0.25) is 5.02 Å². The summed E-state index contributed by atoms with van der Waals surface area (Å²) in [7, 11) is 3.72. The summed E-state index contributed by atoms with van der Waals surface area (Å²) in [4.78, 5) is 1.87. The molecule has 0 aromatic heterocycles. The van der Waals surface area contributed by atoms with Crippen LogP contribution in [0, 0.1) is 0 Å². The van der Waals surface area contributed by atoms with Gasteiger partial charge in [0.15, 0.2) is 0 Å². The molecule has 0 fully saturated rings. The lowest BCUT2D eigenvalue weighted by molar-refractivity contribution is -0.137. The first kappa shape index (κ1) is 14.7. The van der Waals surface area contributed by atoms with Gasteiger partial charge in [-0.15, -0.1) is 0 Å². The Kier molecular flexibility index (Phi) is 3.95. The molecule has 0 aliphatic carbocycles. The van der Waals surface area contributed by atoms with Crippen molar-refractivity contribution in [3.63, 3.8) is 0 Å². The van der Waals surface area contributed by atoms with Gasteiger partial charge in [0.1, 0.15) is 0 Å². The van der Waals surface area contributed by atoms with E-state index in [4.69, 9.17) is 11.6 Å². The van der Waals surface area contributed by atoms with Crippen LogP contribution < -0.4 is 4.90 Å². The average Bonchev–Trinajstić information content (AvgIpc) is 2.38. The molecule has 5 heteroatoms. The standard InChI is InChI=1S/C15H13ClF3N/c1-20(2)12-6-7-14(16)13(9-12)10-4-3-5-11(8-10)15(17,18)19/h3-9H,1-2H3. The molecule has 0 amide bonds. The van der Waals surface area contributed by atoms with E-state index in [0.29, 0.717) is 16.1 Å². The van der Waals surface area contributed by atoms with Crippen LogP contribution in [0.4, 0.5) is 18.9 Å². The summed E-state index contributed by atoms with van der Waals surface area (Å²) >= 11 is 6.10. The molecule has 0 heterocycles. The Labute approximate surface area is 120 Å². The van der Waals surface area contributed by atoms with Gasteiger partial charge in [-0.1, -0.05) is 23.7 Å². The van der Waals surface area contributed by atoms with Crippen LogP contribution in [0.5, 0.6) is 0 Å². The molecule has 0 spiro atoms. The van der Waals surface area contributed by atoms with E-state index in [9.17, 15) is 13.2 Å². The number of hydrogen-bond donors (Lipinski definition) is 0. The number of rotatable bonds is 2. The summed E-state index contributed by atoms with van der Waals surface area (Å²) in [5.41, 5.74) is 1.24. The Hall–Kier alpha value is -1.68. The molecule has 0 saturated carbocycles. The minimum atomic E-state index is -4.36. The summed E-state index contributed by atoms with van der Waals surface area (Å²) in [6.45, 7) is 0. The Morgan fingerprint density at radius 3 is 2.30 bits per heavy atom. The van der Waals surface area contributed by atoms with Crippen molar-refractivity contribution in [1.82, 2.24) is 0 Å². The maximum atomic E-state index is 12.8. The summed E-state index contributed by atoms with van der Waals surface area (Å²) in [5, 5.41) is 0.426. The lowest BCUT2D eigenvalue weighted by Crippen LogP contribution is -2.08. The second kappa shape index (κ2) is 5.37. The van der Waals surface area contributed by atoms with Crippen LogP contribution >= 0.6 is 11.6 Å². The Balaban J connectivity index is 2.54. The van der Waals surface area contributed by atoms with Crippen LogP contribution in [0.25, 0.3) is 11.1 Å². The van der Waals surface area contributed by atoms with E-state index in [1.165, 1.54) is 6.07 Å². The second-order valence-electron chi connectivity index (χ2n) is 4.64. The number of anilines is 1. The number of benzene rings is 2. The first-order valence-corrected chi connectivity index (χ1v) is 6.31. The highest BCUT2D eigenvalue weighted by atomic mass is 35.5. The van der Waals surface area contributed by atoms with Crippen LogP contribution in [-0.2, 0) is 6.18 Å². The largest absolute Gasteiger partial charge is 0.416 e. The molecule has 2 rings (SSSR count). The predicted molar refractivity (Wildman–Crippen MR) is 76.2 cm³/mol. The van der Waals surface area contributed by atoms with Gasteiger partial charge in [0.2, 0.25) is 0 Å². The molecule has 0 aliphatic heterocycles. The molecular weight excluding hydrogens is 287 g/mol. The van der Waals surface area contributed by atoms with Crippen LogP contribution in [0.3, 0.4) is 0 Å². The van der Waals surface area contributed by atoms with Gasteiger partial charge in [-0.2, -0.15) is 13.2 Å². The van der Waals surface area contributed by atoms with Crippen molar-refractivity contribution in [2.24, 2.45) is 0 Å². The van der Waals surface area contributed by atoms with Crippen molar-refractivity contribution in [3.05, 3.63) is 53.1 Å². The quantitative estimate of drug-likeness (QED) is 0.746. The van der Waals surface area contributed by atoms with E-state index < -0.39 is 11.7 Å². The molecule has 0 aliphatic rings. The van der Waals surface area contributed by atoms with Crippen LogP contribution in [-0.4, -0.2) is 14.1 Å². The predicted octanol–water partition coefficient (Wildman–Crippen LogP) is 5.09. The maximum Gasteiger partial charge on any atom is 0.416 e. The zero-order valence-electron chi connectivity index (χ0n) is 11.0. The molecule has 2 aromatic carbocycles. The van der Waals surface area contributed by atoms with Crippen molar-refractivity contribution in [2.75, 3.05) is 19.0 Å². The normalized spacial score (nSPS) is 11.5. The van der Waals surface area contributed by atoms with E-state index in [2.05, 4.69) is 0 Å². The Bertz CT molecular complexity index is 621. The Morgan fingerprint density at radius 1 is 1.00 bits per heavy atom. The van der Waals surface area contributed by atoms with Gasteiger partial charge in [-0.3, -0.25) is 0 Å². The highest BCUT2D eigenvalue weighted by Crippen LogP contribution is 2.35. The SMILES string of the molecule is CN(C)c1ccc(Cl)c(-c2cccc(C(F)(F)F)c2)c1. The Morgan fingerprint density at radius 2 is 1.70 bits per heavy atom. The lowest BCUT2D eigenvalue weighted by Gasteiger charge is -2.15. The van der Waals surface area contributed by atoms with Gasteiger partial charge in [0.05, 0.1) is 5.56 Å². The van der Waals surface area contributed by atoms with Gasteiger partial charge in [0, 0.05) is 30.4 Å². The molecule has 106 valence electrons. The zero-order valence-corrected chi connectivity index (χ0v) is 11.8. The van der Waals surface area contributed by atoms with Crippen molar-refractivity contribution in [2.45, 2.75) is 6.18 Å². The fourth-order valence-electron chi connectivity index (χ4n) is 1.88. The molecule has 0 radical (unpaired) electrons. The minimum Gasteiger partial charge on any atom is -0.378 e. The van der Waals surface area contributed by atoms with Gasteiger partial charge in [0.25, 0.3) is 0 Å². The topological polar surface area (TPSA) is 3.24 Å². The number of alkyl halides is 3. The number of nitrogens with zero attached hydrogens (tertiary/aromatic N) is 1. The molecule has 0 unspecified atom stereocenters. The molecule has 20 heavy (non-hydrogen) atoms. The third-order valence-electron chi connectivity index (χ3n) is 2.97. The first-order chi connectivity index (χ1) is 9.29. The van der Waals surface area contributed by atoms with E-state index in [1.807, 2.05) is 25.1 Å². The highest BCUT2D eigenvalue weighted by Gasteiger charge is 2.30. The second-order valence-corrected chi connectivity index (χ2v) is 5.04. The first-order valence-electron chi connectivity index (χ1n) is 5.93. The highest BCUT2D eigenvalue weighted by molar-refractivity contribution is 6.33. The van der Waals surface area contributed by atoms with Crippen molar-refractivity contribution in [1.29, 1.82) is 0 Å². The third kappa shape index (κ3) is 3.07. The molecule has 0 atom stereocenters. The molecule has 2 aromatic rings. The molecule has 0 N–H and O–H groups in total.